The minimum Gasteiger partial charge on any atom is -0.378 e. The number of nitrogens with zero attached hydrogens (tertiary/aromatic N) is 3. The third-order valence-corrected chi connectivity index (χ3v) is 5.47. The number of ether oxygens (including phenoxy) is 1. The van der Waals surface area contributed by atoms with Crippen LogP contribution in [0.4, 0.5) is 0 Å². The second-order valence-electron chi connectivity index (χ2n) is 7.63. The summed E-state index contributed by atoms with van der Waals surface area (Å²) in [6, 6.07) is 1.77. The predicted molar refractivity (Wildman–Crippen MR) is 92.7 cm³/mol. The molecule has 0 unspecified atom stereocenters. The summed E-state index contributed by atoms with van der Waals surface area (Å²) in [5, 5.41) is 6.95. The van der Waals surface area contributed by atoms with E-state index in [0.29, 0.717) is 51.0 Å². The highest BCUT2D eigenvalue weighted by Gasteiger charge is 2.34. The Balaban J connectivity index is 1.28. The number of hydrogen-bond acceptors (Lipinski definition) is 6. The van der Waals surface area contributed by atoms with Gasteiger partial charge in [-0.2, -0.15) is 0 Å². The number of amides is 2. The van der Waals surface area contributed by atoms with Crippen LogP contribution in [-0.2, 0) is 9.53 Å². The Morgan fingerprint density at radius 2 is 2.04 bits per heavy atom. The van der Waals surface area contributed by atoms with E-state index in [1.165, 1.54) is 0 Å². The summed E-state index contributed by atoms with van der Waals surface area (Å²) in [6.07, 6.45) is 2.23. The van der Waals surface area contributed by atoms with Crippen LogP contribution in [0.1, 0.15) is 41.9 Å². The largest absolute Gasteiger partial charge is 0.378 e. The molecule has 2 amide bonds. The monoisotopic (exact) mass is 362 g/mol. The molecule has 0 aromatic carbocycles. The predicted octanol–water partition coefficient (Wildman–Crippen LogP) is 0.461. The molecule has 2 saturated heterocycles. The first kappa shape index (κ1) is 17.5. The van der Waals surface area contributed by atoms with E-state index in [0.717, 1.165) is 25.1 Å². The van der Waals surface area contributed by atoms with E-state index < -0.39 is 0 Å². The maximum atomic E-state index is 12.4. The lowest BCUT2D eigenvalue weighted by atomic mass is 10.1. The van der Waals surface area contributed by atoms with E-state index in [1.54, 1.807) is 6.07 Å². The minimum absolute atomic E-state index is 0.0149. The molecule has 0 spiro atoms. The molecule has 142 valence electrons. The molecule has 2 atom stereocenters. The van der Waals surface area contributed by atoms with Crippen molar-refractivity contribution in [3.8, 4) is 0 Å². The number of morpholine rings is 1. The SMILES string of the molecule is C[C@@H]1CN(CC(=O)N2CCOCC2)C[C@@H]1NC(=O)c1cc(C2CC2)on1. The minimum atomic E-state index is -0.196. The fourth-order valence-corrected chi connectivity index (χ4v) is 3.69. The number of carbonyl (C=O) groups excluding carboxylic acids is 2. The van der Waals surface area contributed by atoms with Crippen molar-refractivity contribution >= 4 is 11.8 Å². The second-order valence-corrected chi connectivity index (χ2v) is 7.63. The number of nitrogens with one attached hydrogen (secondary N) is 1. The first-order valence-electron chi connectivity index (χ1n) is 9.45. The Kier molecular flexibility index (Phi) is 4.95. The van der Waals surface area contributed by atoms with Crippen LogP contribution in [0.15, 0.2) is 10.6 Å². The molecule has 8 heteroatoms. The summed E-state index contributed by atoms with van der Waals surface area (Å²) in [4.78, 5) is 28.8. The highest BCUT2D eigenvalue weighted by molar-refractivity contribution is 5.92. The molecule has 2 aliphatic heterocycles. The van der Waals surface area contributed by atoms with E-state index in [1.807, 2.05) is 4.90 Å². The Morgan fingerprint density at radius 1 is 1.27 bits per heavy atom. The van der Waals surface area contributed by atoms with Gasteiger partial charge in [-0.15, -0.1) is 0 Å². The van der Waals surface area contributed by atoms with Gasteiger partial charge in [-0.3, -0.25) is 14.5 Å². The van der Waals surface area contributed by atoms with Gasteiger partial charge in [0.2, 0.25) is 5.91 Å². The average molecular weight is 362 g/mol. The van der Waals surface area contributed by atoms with Gasteiger partial charge < -0.3 is 19.5 Å². The summed E-state index contributed by atoms with van der Waals surface area (Å²) >= 11 is 0. The second kappa shape index (κ2) is 7.36. The van der Waals surface area contributed by atoms with E-state index in [9.17, 15) is 9.59 Å². The first-order valence-corrected chi connectivity index (χ1v) is 9.45. The van der Waals surface area contributed by atoms with Crippen molar-refractivity contribution in [2.75, 3.05) is 45.9 Å². The highest BCUT2D eigenvalue weighted by Crippen LogP contribution is 2.40. The van der Waals surface area contributed by atoms with E-state index >= 15 is 0 Å². The number of rotatable bonds is 5. The lowest BCUT2D eigenvalue weighted by molar-refractivity contribution is -0.136. The molecule has 1 aromatic heterocycles. The molecular weight excluding hydrogens is 336 g/mol. The lowest BCUT2D eigenvalue weighted by Crippen LogP contribution is -2.46. The molecule has 3 fully saturated rings. The average Bonchev–Trinajstić information content (AvgIpc) is 3.27. The smallest absolute Gasteiger partial charge is 0.273 e. The summed E-state index contributed by atoms with van der Waals surface area (Å²) in [5.41, 5.74) is 0.349. The molecule has 3 heterocycles. The molecule has 26 heavy (non-hydrogen) atoms. The van der Waals surface area contributed by atoms with Crippen molar-refractivity contribution in [2.45, 2.75) is 31.7 Å². The number of likely N-dealkylation sites (tertiary alicyclic amines) is 1. The lowest BCUT2D eigenvalue weighted by Gasteiger charge is -2.28. The van der Waals surface area contributed by atoms with Crippen LogP contribution in [0.2, 0.25) is 0 Å². The van der Waals surface area contributed by atoms with Crippen LogP contribution >= 0.6 is 0 Å². The third kappa shape index (κ3) is 3.91. The van der Waals surface area contributed by atoms with Crippen LogP contribution in [0, 0.1) is 5.92 Å². The summed E-state index contributed by atoms with van der Waals surface area (Å²) < 4.78 is 10.6. The van der Waals surface area contributed by atoms with E-state index in [-0.39, 0.29) is 23.8 Å². The van der Waals surface area contributed by atoms with Gasteiger partial charge in [-0.25, -0.2) is 0 Å². The highest BCUT2D eigenvalue weighted by atomic mass is 16.5. The standard InChI is InChI=1S/C18H26N4O4/c1-12-9-21(11-17(23)22-4-6-25-7-5-22)10-15(12)19-18(24)14-8-16(26-20-14)13-2-3-13/h8,12-13,15H,2-7,9-11H2,1H3,(H,19,24)/t12-,15+/m1/s1. The normalized spacial score (nSPS) is 26.9. The third-order valence-electron chi connectivity index (χ3n) is 5.47. The molecule has 1 N–H and O–H groups in total. The van der Waals surface area contributed by atoms with Crippen molar-refractivity contribution in [3.63, 3.8) is 0 Å². The molecule has 1 aliphatic carbocycles. The zero-order valence-electron chi connectivity index (χ0n) is 15.1. The van der Waals surface area contributed by atoms with Crippen molar-refractivity contribution in [3.05, 3.63) is 17.5 Å². The molecule has 0 bridgehead atoms. The van der Waals surface area contributed by atoms with Crippen LogP contribution in [-0.4, -0.2) is 78.8 Å². The van der Waals surface area contributed by atoms with Crippen molar-refractivity contribution < 1.29 is 18.8 Å². The molecule has 3 aliphatic rings. The van der Waals surface area contributed by atoms with Crippen molar-refractivity contribution in [1.82, 2.24) is 20.3 Å². The molecule has 8 nitrogen and oxygen atoms in total. The van der Waals surface area contributed by atoms with Crippen LogP contribution in [0.3, 0.4) is 0 Å². The first-order chi connectivity index (χ1) is 12.6. The van der Waals surface area contributed by atoms with Gasteiger partial charge in [0.15, 0.2) is 5.69 Å². The van der Waals surface area contributed by atoms with Gasteiger partial charge in [0.1, 0.15) is 5.76 Å². The zero-order valence-corrected chi connectivity index (χ0v) is 15.1. The molecule has 1 saturated carbocycles. The van der Waals surface area contributed by atoms with Gasteiger partial charge in [-0.1, -0.05) is 12.1 Å². The molecule has 1 aromatic rings. The number of hydrogen-bond donors (Lipinski definition) is 1. The fraction of sp³-hybridized carbons (Fsp3) is 0.722. The number of carbonyl (C=O) groups is 2. The Hall–Kier alpha value is -1.93. The summed E-state index contributed by atoms with van der Waals surface area (Å²) in [6.45, 7) is 6.52. The number of aromatic nitrogens is 1. The van der Waals surface area contributed by atoms with Crippen molar-refractivity contribution in [1.29, 1.82) is 0 Å². The Labute approximate surface area is 152 Å². The maximum absolute atomic E-state index is 12.4. The van der Waals surface area contributed by atoms with Crippen LogP contribution in [0.5, 0.6) is 0 Å². The van der Waals surface area contributed by atoms with Gasteiger partial charge in [0.05, 0.1) is 19.8 Å². The molecular formula is C18H26N4O4. The van der Waals surface area contributed by atoms with Crippen LogP contribution in [0.25, 0.3) is 0 Å². The van der Waals surface area contributed by atoms with Gasteiger partial charge >= 0.3 is 0 Å². The van der Waals surface area contributed by atoms with Crippen molar-refractivity contribution in [2.24, 2.45) is 5.92 Å². The van der Waals surface area contributed by atoms with E-state index in [4.69, 9.17) is 9.26 Å². The molecule has 4 rings (SSSR count). The molecule has 0 radical (unpaired) electrons. The van der Waals surface area contributed by atoms with Crippen LogP contribution < -0.4 is 5.32 Å². The Bertz CT molecular complexity index is 666. The summed E-state index contributed by atoms with van der Waals surface area (Å²) in [5.74, 6) is 1.48. The van der Waals surface area contributed by atoms with Gasteiger partial charge in [0, 0.05) is 44.2 Å². The maximum Gasteiger partial charge on any atom is 0.273 e. The van der Waals surface area contributed by atoms with E-state index in [2.05, 4.69) is 22.3 Å². The Morgan fingerprint density at radius 3 is 2.77 bits per heavy atom. The fourth-order valence-electron chi connectivity index (χ4n) is 3.69. The quantitative estimate of drug-likeness (QED) is 0.819. The van der Waals surface area contributed by atoms with Gasteiger partial charge in [-0.05, 0) is 18.8 Å². The summed E-state index contributed by atoms with van der Waals surface area (Å²) in [7, 11) is 0. The van der Waals surface area contributed by atoms with Gasteiger partial charge in [0.25, 0.3) is 5.91 Å². The topological polar surface area (TPSA) is 87.9 Å². The zero-order chi connectivity index (χ0) is 18.1.